The van der Waals surface area contributed by atoms with Crippen LogP contribution < -0.4 is 5.32 Å². The number of nitrogens with zero attached hydrogens (tertiary/aromatic N) is 2. The summed E-state index contributed by atoms with van der Waals surface area (Å²) in [5, 5.41) is 2.95. The van der Waals surface area contributed by atoms with Crippen molar-refractivity contribution >= 4 is 5.91 Å². The molecule has 0 aromatic carbocycles. The fourth-order valence-corrected chi connectivity index (χ4v) is 1.40. The fraction of sp³-hybridized carbons (Fsp3) is 0.667. The second-order valence-corrected chi connectivity index (χ2v) is 4.57. The van der Waals surface area contributed by atoms with Crippen LogP contribution in [0.2, 0.25) is 0 Å². The van der Waals surface area contributed by atoms with E-state index in [1.54, 1.807) is 6.33 Å². The lowest BCUT2D eigenvalue weighted by molar-refractivity contribution is -0.125. The molecular weight excluding hydrogens is 202 g/mol. The molecule has 0 aliphatic carbocycles. The summed E-state index contributed by atoms with van der Waals surface area (Å²) < 4.78 is 1.97. The minimum Gasteiger partial charge on any atom is -0.355 e. The van der Waals surface area contributed by atoms with Gasteiger partial charge in [0.05, 0.1) is 6.33 Å². The SMILES string of the molecule is CC(C)C(C)C(=O)NCCc1cncn1C. The van der Waals surface area contributed by atoms with E-state index in [4.69, 9.17) is 0 Å². The normalized spacial score (nSPS) is 12.8. The Morgan fingerprint density at radius 1 is 1.50 bits per heavy atom. The summed E-state index contributed by atoms with van der Waals surface area (Å²) in [5.41, 5.74) is 1.14. The van der Waals surface area contributed by atoms with Crippen molar-refractivity contribution in [1.29, 1.82) is 0 Å². The van der Waals surface area contributed by atoms with E-state index >= 15 is 0 Å². The van der Waals surface area contributed by atoms with Crippen molar-refractivity contribution in [2.24, 2.45) is 18.9 Å². The lowest BCUT2D eigenvalue weighted by atomic mass is 9.97. The van der Waals surface area contributed by atoms with Gasteiger partial charge in [-0.2, -0.15) is 0 Å². The van der Waals surface area contributed by atoms with Crippen LogP contribution in [0.3, 0.4) is 0 Å². The third kappa shape index (κ3) is 3.36. The van der Waals surface area contributed by atoms with Crippen molar-refractivity contribution < 1.29 is 4.79 Å². The first-order valence-electron chi connectivity index (χ1n) is 5.75. The maximum atomic E-state index is 11.7. The van der Waals surface area contributed by atoms with Gasteiger partial charge in [-0.05, 0) is 5.92 Å². The Morgan fingerprint density at radius 3 is 2.69 bits per heavy atom. The first-order valence-corrected chi connectivity index (χ1v) is 5.75. The maximum Gasteiger partial charge on any atom is 0.223 e. The number of carbonyl (C=O) groups is 1. The highest BCUT2D eigenvalue weighted by Crippen LogP contribution is 2.09. The summed E-state index contributed by atoms with van der Waals surface area (Å²) >= 11 is 0. The van der Waals surface area contributed by atoms with Crippen LogP contribution in [0.5, 0.6) is 0 Å². The average molecular weight is 223 g/mol. The van der Waals surface area contributed by atoms with Gasteiger partial charge in [0.15, 0.2) is 0 Å². The molecule has 1 rings (SSSR count). The maximum absolute atomic E-state index is 11.7. The molecule has 1 heterocycles. The average Bonchev–Trinajstić information content (AvgIpc) is 2.63. The van der Waals surface area contributed by atoms with E-state index in [2.05, 4.69) is 24.1 Å². The zero-order valence-electron chi connectivity index (χ0n) is 10.5. The van der Waals surface area contributed by atoms with E-state index < -0.39 is 0 Å². The Labute approximate surface area is 97.1 Å². The highest BCUT2D eigenvalue weighted by Gasteiger charge is 2.15. The number of nitrogens with one attached hydrogen (secondary N) is 1. The number of hydrogen-bond acceptors (Lipinski definition) is 2. The molecule has 0 saturated heterocycles. The molecule has 0 saturated carbocycles. The molecule has 0 aliphatic rings. The fourth-order valence-electron chi connectivity index (χ4n) is 1.40. The Hall–Kier alpha value is -1.32. The second kappa shape index (κ2) is 5.68. The third-order valence-electron chi connectivity index (χ3n) is 3.01. The molecule has 0 aliphatic heterocycles. The zero-order chi connectivity index (χ0) is 12.1. The van der Waals surface area contributed by atoms with Gasteiger partial charge in [0, 0.05) is 37.8 Å². The van der Waals surface area contributed by atoms with E-state index in [0.717, 1.165) is 12.1 Å². The van der Waals surface area contributed by atoms with Gasteiger partial charge in [-0.1, -0.05) is 20.8 Å². The van der Waals surface area contributed by atoms with E-state index in [9.17, 15) is 4.79 Å². The minimum absolute atomic E-state index is 0.0755. The number of aryl methyl sites for hydroxylation is 1. The zero-order valence-corrected chi connectivity index (χ0v) is 10.5. The van der Waals surface area contributed by atoms with Crippen LogP contribution >= 0.6 is 0 Å². The van der Waals surface area contributed by atoms with E-state index in [1.807, 2.05) is 24.7 Å². The van der Waals surface area contributed by atoms with Gasteiger partial charge in [-0.15, -0.1) is 0 Å². The summed E-state index contributed by atoms with van der Waals surface area (Å²) in [4.78, 5) is 15.7. The Bertz CT molecular complexity index is 344. The number of amides is 1. The molecule has 1 aromatic rings. The Morgan fingerprint density at radius 2 is 2.19 bits per heavy atom. The van der Waals surface area contributed by atoms with Crippen LogP contribution in [0, 0.1) is 11.8 Å². The molecule has 0 spiro atoms. The van der Waals surface area contributed by atoms with Crippen LogP contribution in [-0.2, 0) is 18.3 Å². The summed E-state index contributed by atoms with van der Waals surface area (Å²) in [6.45, 7) is 6.76. The Kier molecular flexibility index (Phi) is 4.52. The second-order valence-electron chi connectivity index (χ2n) is 4.57. The first kappa shape index (κ1) is 12.7. The van der Waals surface area contributed by atoms with Gasteiger partial charge in [-0.3, -0.25) is 4.79 Å². The van der Waals surface area contributed by atoms with Crippen molar-refractivity contribution in [3.8, 4) is 0 Å². The largest absolute Gasteiger partial charge is 0.355 e. The molecule has 1 unspecified atom stereocenters. The number of imidazole rings is 1. The van der Waals surface area contributed by atoms with E-state index in [1.165, 1.54) is 0 Å². The molecule has 0 fully saturated rings. The molecule has 4 heteroatoms. The lowest BCUT2D eigenvalue weighted by Gasteiger charge is -2.15. The predicted molar refractivity (Wildman–Crippen MR) is 63.9 cm³/mol. The van der Waals surface area contributed by atoms with E-state index in [-0.39, 0.29) is 11.8 Å². The quantitative estimate of drug-likeness (QED) is 0.819. The summed E-state index contributed by atoms with van der Waals surface area (Å²) in [6, 6.07) is 0. The first-order chi connectivity index (χ1) is 7.52. The number of carbonyl (C=O) groups excluding carboxylic acids is 1. The topological polar surface area (TPSA) is 46.9 Å². The molecule has 0 radical (unpaired) electrons. The summed E-state index contributed by atoms with van der Waals surface area (Å²) in [5.74, 6) is 0.598. The number of rotatable bonds is 5. The molecule has 0 bridgehead atoms. The standard InChI is InChI=1S/C12H21N3O/c1-9(2)10(3)12(16)14-6-5-11-7-13-8-15(11)4/h7-10H,5-6H2,1-4H3,(H,14,16). The highest BCUT2D eigenvalue weighted by atomic mass is 16.1. The van der Waals surface area contributed by atoms with Gasteiger partial charge in [-0.25, -0.2) is 4.98 Å². The predicted octanol–water partition coefficient (Wildman–Crippen LogP) is 1.37. The summed E-state index contributed by atoms with van der Waals surface area (Å²) in [6.07, 6.45) is 4.43. The number of hydrogen-bond donors (Lipinski definition) is 1. The molecule has 16 heavy (non-hydrogen) atoms. The van der Waals surface area contributed by atoms with Gasteiger partial charge in [0.1, 0.15) is 0 Å². The van der Waals surface area contributed by atoms with Crippen LogP contribution in [0.1, 0.15) is 26.5 Å². The van der Waals surface area contributed by atoms with Crippen molar-refractivity contribution in [3.63, 3.8) is 0 Å². The van der Waals surface area contributed by atoms with Crippen LogP contribution in [0.4, 0.5) is 0 Å². The van der Waals surface area contributed by atoms with Gasteiger partial charge in [0.2, 0.25) is 5.91 Å². The van der Waals surface area contributed by atoms with Crippen molar-refractivity contribution in [2.75, 3.05) is 6.54 Å². The Balaban J connectivity index is 2.31. The minimum atomic E-state index is 0.0755. The van der Waals surface area contributed by atoms with Crippen molar-refractivity contribution in [2.45, 2.75) is 27.2 Å². The van der Waals surface area contributed by atoms with Crippen LogP contribution in [0.25, 0.3) is 0 Å². The van der Waals surface area contributed by atoms with Gasteiger partial charge >= 0.3 is 0 Å². The van der Waals surface area contributed by atoms with Gasteiger partial charge < -0.3 is 9.88 Å². The molecule has 4 nitrogen and oxygen atoms in total. The molecule has 1 N–H and O–H groups in total. The molecule has 1 atom stereocenters. The van der Waals surface area contributed by atoms with Crippen molar-refractivity contribution in [3.05, 3.63) is 18.2 Å². The third-order valence-corrected chi connectivity index (χ3v) is 3.01. The van der Waals surface area contributed by atoms with Gasteiger partial charge in [0.25, 0.3) is 0 Å². The highest BCUT2D eigenvalue weighted by molar-refractivity contribution is 5.78. The lowest BCUT2D eigenvalue weighted by Crippen LogP contribution is -2.33. The molecule has 1 aromatic heterocycles. The smallest absolute Gasteiger partial charge is 0.223 e. The van der Waals surface area contributed by atoms with Crippen LogP contribution in [0.15, 0.2) is 12.5 Å². The van der Waals surface area contributed by atoms with Crippen LogP contribution in [-0.4, -0.2) is 22.0 Å². The number of aromatic nitrogens is 2. The van der Waals surface area contributed by atoms with Crippen molar-refractivity contribution in [1.82, 2.24) is 14.9 Å². The molecular formula is C12H21N3O. The summed E-state index contributed by atoms with van der Waals surface area (Å²) in [7, 11) is 1.96. The monoisotopic (exact) mass is 223 g/mol. The van der Waals surface area contributed by atoms with E-state index in [0.29, 0.717) is 12.5 Å². The molecule has 90 valence electrons. The molecule has 1 amide bonds.